The molecule has 1 N–H and O–H groups in total. The Balaban J connectivity index is 2.30. The monoisotopic (exact) mass is 338 g/mol. The van der Waals surface area contributed by atoms with Crippen molar-refractivity contribution in [3.05, 3.63) is 46.0 Å². The van der Waals surface area contributed by atoms with Crippen molar-refractivity contribution < 1.29 is 9.90 Å². The van der Waals surface area contributed by atoms with E-state index in [0.29, 0.717) is 5.56 Å². The molecule has 1 amide bonds. The number of nitrogens with zero attached hydrogens (tertiary/aromatic N) is 4. The molecule has 0 aliphatic rings. The Kier molecular flexibility index (Phi) is 5.05. The number of hydrogen-bond acceptors (Lipinski definition) is 5. The van der Waals surface area contributed by atoms with E-state index in [2.05, 4.69) is 20.2 Å². The van der Waals surface area contributed by atoms with Crippen LogP contribution in [0.4, 0.5) is 5.69 Å². The van der Waals surface area contributed by atoms with Crippen LogP contribution in [0, 0.1) is 0 Å². The van der Waals surface area contributed by atoms with Gasteiger partial charge in [0.15, 0.2) is 0 Å². The number of carbonyl (C=O) groups excluding carboxylic acids is 1. The molecule has 22 heavy (non-hydrogen) atoms. The Labute approximate surface area is 136 Å². The summed E-state index contributed by atoms with van der Waals surface area (Å²) in [7, 11) is 0. The number of carbonyl (C=O) groups is 1. The minimum atomic E-state index is -0.667. The fraction of sp³-hybridized carbons (Fsp3) is 0.214. The van der Waals surface area contributed by atoms with Gasteiger partial charge in [-0.05, 0) is 17.5 Å². The second-order valence-corrected chi connectivity index (χ2v) is 5.54. The number of phenolic OH excluding ortho intramolecular Hbond substituents is 1. The number of phenols is 1. The minimum Gasteiger partial charge on any atom is -0.508 e. The predicted molar refractivity (Wildman–Crippen MR) is 83.1 cm³/mol. The van der Waals surface area contributed by atoms with Crippen LogP contribution in [0.3, 0.4) is 0 Å². The van der Waals surface area contributed by atoms with Crippen molar-refractivity contribution in [2.24, 2.45) is 10.2 Å². The highest BCUT2D eigenvalue weighted by molar-refractivity contribution is 6.33. The van der Waals surface area contributed by atoms with E-state index in [1.54, 1.807) is 6.07 Å². The number of rotatable bonds is 3. The summed E-state index contributed by atoms with van der Waals surface area (Å²) in [4.78, 5) is 19.3. The topological polar surface area (TPSA) is 87.8 Å². The second kappa shape index (κ2) is 6.81. The molecule has 8 heteroatoms. The van der Waals surface area contributed by atoms with Crippen molar-refractivity contribution in [2.45, 2.75) is 19.8 Å². The maximum Gasteiger partial charge on any atom is 0.314 e. The van der Waals surface area contributed by atoms with E-state index in [1.807, 2.05) is 13.8 Å². The lowest BCUT2D eigenvalue weighted by Gasteiger charge is -2.09. The summed E-state index contributed by atoms with van der Waals surface area (Å²) in [5, 5.41) is 17.5. The van der Waals surface area contributed by atoms with Crippen molar-refractivity contribution in [2.75, 3.05) is 0 Å². The Morgan fingerprint density at radius 3 is 2.59 bits per heavy atom. The predicted octanol–water partition coefficient (Wildman–Crippen LogP) is 4.54. The zero-order valence-electron chi connectivity index (χ0n) is 11.8. The van der Waals surface area contributed by atoms with E-state index in [-0.39, 0.29) is 33.2 Å². The van der Waals surface area contributed by atoms with E-state index in [4.69, 9.17) is 23.2 Å². The number of halogens is 2. The van der Waals surface area contributed by atoms with Gasteiger partial charge in [0.2, 0.25) is 0 Å². The second-order valence-electron chi connectivity index (χ2n) is 4.75. The molecule has 2 rings (SSSR count). The van der Waals surface area contributed by atoms with Gasteiger partial charge in [0.05, 0.1) is 5.02 Å². The van der Waals surface area contributed by atoms with E-state index in [1.165, 1.54) is 12.1 Å². The molecule has 0 saturated heterocycles. The largest absolute Gasteiger partial charge is 0.508 e. The molecular weight excluding hydrogens is 327 g/mol. The molecule has 0 atom stereocenters. The number of benzene rings is 1. The lowest BCUT2D eigenvalue weighted by molar-refractivity contribution is 0.0990. The highest BCUT2D eigenvalue weighted by Crippen LogP contribution is 2.35. The minimum absolute atomic E-state index is 0.0303. The van der Waals surface area contributed by atoms with Crippen LogP contribution in [0.5, 0.6) is 5.75 Å². The van der Waals surface area contributed by atoms with Crippen molar-refractivity contribution in [3.63, 3.8) is 0 Å². The van der Waals surface area contributed by atoms with Gasteiger partial charge in [0, 0.05) is 12.1 Å². The van der Waals surface area contributed by atoms with Crippen LogP contribution >= 0.6 is 23.2 Å². The average Bonchev–Trinajstić information content (AvgIpc) is 2.45. The summed E-state index contributed by atoms with van der Waals surface area (Å²) in [6, 6.07) is 4.25. The van der Waals surface area contributed by atoms with Gasteiger partial charge >= 0.3 is 5.91 Å². The van der Waals surface area contributed by atoms with Gasteiger partial charge in [0.25, 0.3) is 0 Å². The fourth-order valence-corrected chi connectivity index (χ4v) is 2.05. The van der Waals surface area contributed by atoms with Crippen LogP contribution in [0.15, 0.2) is 34.8 Å². The zero-order chi connectivity index (χ0) is 16.3. The summed E-state index contributed by atoms with van der Waals surface area (Å²) in [5.74, 6) is -0.519. The molecule has 6 nitrogen and oxygen atoms in total. The third-order valence-electron chi connectivity index (χ3n) is 2.82. The van der Waals surface area contributed by atoms with Gasteiger partial charge in [0.1, 0.15) is 28.6 Å². The molecule has 1 heterocycles. The van der Waals surface area contributed by atoms with Crippen LogP contribution in [-0.2, 0) is 0 Å². The highest BCUT2D eigenvalue weighted by atomic mass is 35.5. The number of aromatic hydroxyl groups is 1. The number of aromatic nitrogens is 2. The van der Waals surface area contributed by atoms with E-state index >= 15 is 0 Å². The average molecular weight is 339 g/mol. The lowest BCUT2D eigenvalue weighted by Crippen LogP contribution is -1.98. The third-order valence-corrected chi connectivity index (χ3v) is 3.33. The quantitative estimate of drug-likeness (QED) is 0.657. The van der Waals surface area contributed by atoms with Crippen molar-refractivity contribution in [3.8, 4) is 5.75 Å². The van der Waals surface area contributed by atoms with Crippen LogP contribution in [0.1, 0.15) is 35.8 Å². The smallest absolute Gasteiger partial charge is 0.314 e. The van der Waals surface area contributed by atoms with E-state index in [9.17, 15) is 9.90 Å². The standard InChI is InChI=1S/C14H12Cl2N4O2/c1-7(2)8-3-10(9(15)4-12(8)21)19-20-14(22)11-5-13(16)18-6-17-11/h3-7,21H,1-2H3. The highest BCUT2D eigenvalue weighted by Gasteiger charge is 2.12. The Morgan fingerprint density at radius 2 is 1.95 bits per heavy atom. The van der Waals surface area contributed by atoms with Crippen molar-refractivity contribution in [1.29, 1.82) is 0 Å². The van der Waals surface area contributed by atoms with Gasteiger partial charge in [-0.15, -0.1) is 10.2 Å². The first-order chi connectivity index (χ1) is 10.4. The summed E-state index contributed by atoms with van der Waals surface area (Å²) in [6.45, 7) is 3.83. The van der Waals surface area contributed by atoms with Crippen molar-refractivity contribution in [1.82, 2.24) is 9.97 Å². The first kappa shape index (κ1) is 16.3. The third kappa shape index (κ3) is 3.78. The van der Waals surface area contributed by atoms with Crippen LogP contribution in [0.25, 0.3) is 0 Å². The first-order valence-electron chi connectivity index (χ1n) is 6.34. The molecule has 0 radical (unpaired) electrons. The summed E-state index contributed by atoms with van der Waals surface area (Å²) in [5.41, 5.74) is 0.982. The normalized spacial score (nSPS) is 11.3. The first-order valence-corrected chi connectivity index (χ1v) is 7.10. The SMILES string of the molecule is CC(C)c1cc(N=NC(=O)c2cc(Cl)ncn2)c(Cl)cc1O. The Bertz CT molecular complexity index is 748. The maximum absolute atomic E-state index is 11.9. The summed E-state index contributed by atoms with van der Waals surface area (Å²) in [6.07, 6.45) is 1.16. The lowest BCUT2D eigenvalue weighted by atomic mass is 10.0. The molecule has 0 spiro atoms. The van der Waals surface area contributed by atoms with Gasteiger partial charge in [-0.2, -0.15) is 0 Å². The number of amides is 1. The van der Waals surface area contributed by atoms with Crippen LogP contribution in [-0.4, -0.2) is 21.0 Å². The summed E-state index contributed by atoms with van der Waals surface area (Å²) >= 11 is 11.7. The Hall–Kier alpha value is -2.05. The van der Waals surface area contributed by atoms with E-state index in [0.717, 1.165) is 6.33 Å². The molecule has 1 aromatic heterocycles. The molecule has 2 aromatic rings. The number of azo groups is 1. The molecule has 0 aliphatic carbocycles. The molecule has 0 unspecified atom stereocenters. The van der Waals surface area contributed by atoms with Gasteiger partial charge in [-0.3, -0.25) is 4.79 Å². The molecule has 0 aliphatic heterocycles. The molecule has 0 fully saturated rings. The van der Waals surface area contributed by atoms with Crippen LogP contribution in [0.2, 0.25) is 10.2 Å². The van der Waals surface area contributed by atoms with Gasteiger partial charge in [-0.1, -0.05) is 37.0 Å². The Morgan fingerprint density at radius 1 is 1.23 bits per heavy atom. The van der Waals surface area contributed by atoms with Crippen molar-refractivity contribution >= 4 is 34.8 Å². The number of hydrogen-bond donors (Lipinski definition) is 1. The fourth-order valence-electron chi connectivity index (χ4n) is 1.71. The van der Waals surface area contributed by atoms with Crippen LogP contribution < -0.4 is 0 Å². The molecule has 1 aromatic carbocycles. The van der Waals surface area contributed by atoms with E-state index < -0.39 is 5.91 Å². The molecule has 0 bridgehead atoms. The zero-order valence-corrected chi connectivity index (χ0v) is 13.3. The summed E-state index contributed by atoms with van der Waals surface area (Å²) < 4.78 is 0. The molecule has 114 valence electrons. The molecular formula is C14H12Cl2N4O2. The maximum atomic E-state index is 11.9. The van der Waals surface area contributed by atoms with Gasteiger partial charge < -0.3 is 5.11 Å². The molecule has 0 saturated carbocycles. The van der Waals surface area contributed by atoms with Gasteiger partial charge in [-0.25, -0.2) is 9.97 Å².